The zero-order valence-corrected chi connectivity index (χ0v) is 16.6. The number of benzene rings is 3. The number of hydrogen-bond donors (Lipinski definition) is 0. The van der Waals surface area contributed by atoms with E-state index in [9.17, 15) is 0 Å². The topological polar surface area (TPSA) is 62.0 Å². The fourth-order valence-electron chi connectivity index (χ4n) is 3.14. The van der Waals surface area contributed by atoms with Gasteiger partial charge in [-0.15, -0.1) is 0 Å². The second kappa shape index (κ2) is 9.02. The molecular weight excluding hydrogens is 384 g/mol. The summed E-state index contributed by atoms with van der Waals surface area (Å²) < 4.78 is 32.3. The summed E-state index contributed by atoms with van der Waals surface area (Å²) in [6.45, 7) is 3.22. The van der Waals surface area contributed by atoms with E-state index in [0.717, 1.165) is 46.6 Å². The van der Waals surface area contributed by atoms with Crippen molar-refractivity contribution in [3.8, 4) is 22.6 Å². The Labute approximate surface area is 175 Å². The molecule has 156 valence electrons. The van der Waals surface area contributed by atoms with E-state index in [4.69, 9.17) is 28.4 Å². The first-order chi connectivity index (χ1) is 14.8. The Morgan fingerprint density at radius 2 is 1.17 bits per heavy atom. The van der Waals surface area contributed by atoms with E-state index in [2.05, 4.69) is 36.4 Å². The van der Waals surface area contributed by atoms with Crippen LogP contribution in [0.4, 0.5) is 0 Å². The summed E-state index contributed by atoms with van der Waals surface area (Å²) in [5.74, 6) is 1.58. The van der Waals surface area contributed by atoms with Crippen molar-refractivity contribution in [1.82, 2.24) is 0 Å². The molecule has 6 nitrogen and oxygen atoms in total. The lowest BCUT2D eigenvalue weighted by Crippen LogP contribution is -2.07. The molecule has 0 spiro atoms. The van der Waals surface area contributed by atoms with Gasteiger partial charge < -0.3 is 28.4 Å². The van der Waals surface area contributed by atoms with Crippen LogP contribution in [0, 0.1) is 0 Å². The quantitative estimate of drug-likeness (QED) is 0.271. The first kappa shape index (κ1) is 19.3. The maximum Gasteiger partial charge on any atom is 0.189 e. The van der Waals surface area contributed by atoms with Crippen LogP contribution in [0.2, 0.25) is 0 Å². The van der Waals surface area contributed by atoms with E-state index in [0.29, 0.717) is 13.2 Å². The summed E-state index contributed by atoms with van der Waals surface area (Å²) in [6, 6.07) is 20.5. The highest BCUT2D eigenvalue weighted by molar-refractivity contribution is 5.88. The summed E-state index contributed by atoms with van der Waals surface area (Å²) in [4.78, 5) is 0. The normalized spacial score (nSPS) is 19.6. The van der Waals surface area contributed by atoms with Crippen molar-refractivity contribution in [2.75, 3.05) is 40.0 Å². The van der Waals surface area contributed by atoms with Crippen LogP contribution < -0.4 is 9.47 Å². The Morgan fingerprint density at radius 1 is 0.633 bits per heavy atom. The van der Waals surface area contributed by atoms with Gasteiger partial charge >= 0.3 is 0 Å². The van der Waals surface area contributed by atoms with Gasteiger partial charge in [0.05, 0.1) is 26.4 Å². The lowest BCUT2D eigenvalue weighted by Gasteiger charge is -2.10. The van der Waals surface area contributed by atoms with Crippen molar-refractivity contribution in [2.24, 2.45) is 0 Å². The maximum absolute atomic E-state index is 5.67. The molecule has 2 fully saturated rings. The van der Waals surface area contributed by atoms with E-state index in [1.807, 2.05) is 24.3 Å². The predicted octanol–water partition coefficient (Wildman–Crippen LogP) is 4.01. The van der Waals surface area contributed by atoms with Gasteiger partial charge in [0.1, 0.15) is 23.7 Å². The summed E-state index contributed by atoms with van der Waals surface area (Å²) >= 11 is 0. The molecule has 0 amide bonds. The number of epoxide rings is 2. The average molecular weight is 408 g/mol. The standard InChI is InChI=1S/C24H24O6/c1-2-20-10-22(30-16-26-12-24-14-28-24)8-5-19(20)9-18(1)17-3-6-21(7-4-17)29-15-25-11-23-13-27-23/h1-10,23-24H,11-16H2. The van der Waals surface area contributed by atoms with Crippen molar-refractivity contribution in [1.29, 1.82) is 0 Å². The molecule has 2 saturated heterocycles. The van der Waals surface area contributed by atoms with Crippen molar-refractivity contribution < 1.29 is 28.4 Å². The van der Waals surface area contributed by atoms with Gasteiger partial charge in [0, 0.05) is 0 Å². The minimum absolute atomic E-state index is 0.233. The lowest BCUT2D eigenvalue weighted by molar-refractivity contribution is 0.00813. The molecule has 2 aliphatic heterocycles. The SMILES string of the molecule is c1cc(-c2ccc3cc(OCOCC4CO4)ccc3c2)ccc1OCOCC1CO1. The van der Waals surface area contributed by atoms with Gasteiger partial charge in [-0.25, -0.2) is 0 Å². The zero-order valence-electron chi connectivity index (χ0n) is 16.6. The molecule has 6 heteroatoms. The highest BCUT2D eigenvalue weighted by Crippen LogP contribution is 2.28. The molecule has 0 aromatic heterocycles. The second-order valence-corrected chi connectivity index (χ2v) is 7.42. The predicted molar refractivity (Wildman–Crippen MR) is 112 cm³/mol. The van der Waals surface area contributed by atoms with Gasteiger partial charge in [0.25, 0.3) is 0 Å². The summed E-state index contributed by atoms with van der Waals surface area (Å²) in [5.41, 5.74) is 2.28. The molecule has 3 aromatic carbocycles. The van der Waals surface area contributed by atoms with Gasteiger partial charge in [0.15, 0.2) is 13.6 Å². The number of hydrogen-bond acceptors (Lipinski definition) is 6. The number of fused-ring (bicyclic) bond motifs is 1. The first-order valence-electron chi connectivity index (χ1n) is 10.1. The number of ether oxygens (including phenoxy) is 6. The largest absolute Gasteiger partial charge is 0.468 e. The third kappa shape index (κ3) is 5.29. The number of rotatable bonds is 11. The molecule has 2 atom stereocenters. The van der Waals surface area contributed by atoms with E-state index in [-0.39, 0.29) is 25.8 Å². The van der Waals surface area contributed by atoms with Crippen molar-refractivity contribution in [3.63, 3.8) is 0 Å². The average Bonchev–Trinajstić information content (AvgIpc) is 3.70. The van der Waals surface area contributed by atoms with Gasteiger partial charge in [0.2, 0.25) is 0 Å². The van der Waals surface area contributed by atoms with Crippen LogP contribution in [0.25, 0.3) is 21.9 Å². The van der Waals surface area contributed by atoms with Crippen LogP contribution in [-0.4, -0.2) is 52.2 Å². The highest BCUT2D eigenvalue weighted by atomic mass is 16.7. The van der Waals surface area contributed by atoms with Crippen LogP contribution in [-0.2, 0) is 18.9 Å². The Bertz CT molecular complexity index is 979. The monoisotopic (exact) mass is 408 g/mol. The van der Waals surface area contributed by atoms with Gasteiger partial charge in [-0.05, 0) is 52.2 Å². The van der Waals surface area contributed by atoms with Crippen LogP contribution in [0.5, 0.6) is 11.5 Å². The van der Waals surface area contributed by atoms with Crippen molar-refractivity contribution in [3.05, 3.63) is 60.7 Å². The Hall–Kier alpha value is -2.64. The molecule has 3 aromatic rings. The summed E-state index contributed by atoms with van der Waals surface area (Å²) in [7, 11) is 0. The molecule has 2 unspecified atom stereocenters. The highest BCUT2D eigenvalue weighted by Gasteiger charge is 2.22. The molecule has 0 saturated carbocycles. The van der Waals surface area contributed by atoms with Crippen LogP contribution >= 0.6 is 0 Å². The van der Waals surface area contributed by atoms with E-state index < -0.39 is 0 Å². The Kier molecular flexibility index (Phi) is 5.81. The molecule has 0 bridgehead atoms. The molecule has 0 N–H and O–H groups in total. The third-order valence-electron chi connectivity index (χ3n) is 5.03. The van der Waals surface area contributed by atoms with Crippen LogP contribution in [0.15, 0.2) is 60.7 Å². The first-order valence-corrected chi connectivity index (χ1v) is 10.1. The van der Waals surface area contributed by atoms with E-state index in [1.54, 1.807) is 0 Å². The summed E-state index contributed by atoms with van der Waals surface area (Å²) in [6.07, 6.45) is 0.502. The van der Waals surface area contributed by atoms with E-state index >= 15 is 0 Å². The van der Waals surface area contributed by atoms with Gasteiger partial charge in [-0.1, -0.05) is 30.3 Å². The minimum Gasteiger partial charge on any atom is -0.468 e. The Balaban J connectivity index is 1.17. The summed E-state index contributed by atoms with van der Waals surface area (Å²) in [5, 5.41) is 2.28. The zero-order chi connectivity index (χ0) is 20.2. The Morgan fingerprint density at radius 3 is 1.83 bits per heavy atom. The van der Waals surface area contributed by atoms with Crippen molar-refractivity contribution >= 4 is 10.8 Å². The minimum atomic E-state index is 0.233. The smallest absolute Gasteiger partial charge is 0.189 e. The third-order valence-corrected chi connectivity index (χ3v) is 5.03. The molecule has 5 rings (SSSR count). The maximum atomic E-state index is 5.67. The van der Waals surface area contributed by atoms with Gasteiger partial charge in [-0.3, -0.25) is 0 Å². The van der Waals surface area contributed by atoms with Crippen LogP contribution in [0.3, 0.4) is 0 Å². The van der Waals surface area contributed by atoms with Crippen LogP contribution in [0.1, 0.15) is 0 Å². The van der Waals surface area contributed by atoms with E-state index in [1.165, 1.54) is 0 Å². The fourth-order valence-corrected chi connectivity index (χ4v) is 3.14. The molecule has 2 aliphatic rings. The molecule has 0 radical (unpaired) electrons. The second-order valence-electron chi connectivity index (χ2n) is 7.42. The molecule has 30 heavy (non-hydrogen) atoms. The fraction of sp³-hybridized carbons (Fsp3) is 0.333. The van der Waals surface area contributed by atoms with Gasteiger partial charge in [-0.2, -0.15) is 0 Å². The molecular formula is C24H24O6. The van der Waals surface area contributed by atoms with Crippen molar-refractivity contribution in [2.45, 2.75) is 12.2 Å². The molecule has 0 aliphatic carbocycles. The molecule has 2 heterocycles. The lowest BCUT2D eigenvalue weighted by atomic mass is 10.0.